The van der Waals surface area contributed by atoms with Gasteiger partial charge in [-0.15, -0.1) is 0 Å². The third kappa shape index (κ3) is 0.939. The molecular formula is C12H13NO. The SMILES string of the molecule is O=CNC1CC2CC1c1ccccc12. The van der Waals surface area contributed by atoms with Gasteiger partial charge in [0.1, 0.15) is 0 Å². The van der Waals surface area contributed by atoms with Crippen molar-refractivity contribution in [3.8, 4) is 0 Å². The monoisotopic (exact) mass is 187 g/mol. The molecule has 1 aromatic rings. The van der Waals surface area contributed by atoms with E-state index in [0.29, 0.717) is 17.9 Å². The summed E-state index contributed by atoms with van der Waals surface area (Å²) in [6, 6.07) is 9.03. The molecule has 1 amide bonds. The van der Waals surface area contributed by atoms with Crippen LogP contribution in [0.15, 0.2) is 24.3 Å². The molecule has 1 aromatic carbocycles. The van der Waals surface area contributed by atoms with Gasteiger partial charge in [0.15, 0.2) is 0 Å². The van der Waals surface area contributed by atoms with Gasteiger partial charge in [0.2, 0.25) is 6.41 Å². The average molecular weight is 187 g/mol. The van der Waals surface area contributed by atoms with Crippen LogP contribution in [0, 0.1) is 0 Å². The molecule has 0 saturated heterocycles. The molecule has 2 bridgehead atoms. The van der Waals surface area contributed by atoms with Crippen LogP contribution < -0.4 is 5.32 Å². The smallest absolute Gasteiger partial charge is 0.207 e. The number of hydrogen-bond acceptors (Lipinski definition) is 1. The lowest BCUT2D eigenvalue weighted by molar-refractivity contribution is -0.110. The van der Waals surface area contributed by atoms with Crippen LogP contribution in [0.3, 0.4) is 0 Å². The fraction of sp³-hybridized carbons (Fsp3) is 0.417. The number of benzene rings is 1. The molecule has 2 aliphatic carbocycles. The Balaban J connectivity index is 1.98. The molecule has 3 rings (SSSR count). The Bertz CT molecular complexity index is 374. The number of nitrogens with one attached hydrogen (secondary N) is 1. The van der Waals surface area contributed by atoms with Crippen LogP contribution in [0.4, 0.5) is 0 Å². The lowest BCUT2D eigenvalue weighted by Gasteiger charge is -2.23. The third-order valence-electron chi connectivity index (χ3n) is 3.68. The summed E-state index contributed by atoms with van der Waals surface area (Å²) in [5.74, 6) is 1.26. The van der Waals surface area contributed by atoms with Gasteiger partial charge in [-0.25, -0.2) is 0 Å². The first-order chi connectivity index (χ1) is 6.90. The van der Waals surface area contributed by atoms with Crippen LogP contribution in [0.2, 0.25) is 0 Å². The van der Waals surface area contributed by atoms with Gasteiger partial charge in [-0.1, -0.05) is 24.3 Å². The summed E-state index contributed by atoms with van der Waals surface area (Å²) in [7, 11) is 0. The van der Waals surface area contributed by atoms with Crippen molar-refractivity contribution >= 4 is 6.41 Å². The predicted octanol–water partition coefficient (Wildman–Crippen LogP) is 1.78. The number of hydrogen-bond donors (Lipinski definition) is 1. The first-order valence-corrected chi connectivity index (χ1v) is 5.18. The predicted molar refractivity (Wildman–Crippen MR) is 54.1 cm³/mol. The highest BCUT2D eigenvalue weighted by Gasteiger charge is 2.43. The first kappa shape index (κ1) is 8.04. The first-order valence-electron chi connectivity index (χ1n) is 5.18. The topological polar surface area (TPSA) is 29.1 Å². The molecule has 1 fully saturated rings. The summed E-state index contributed by atoms with van der Waals surface area (Å²) >= 11 is 0. The van der Waals surface area contributed by atoms with Gasteiger partial charge < -0.3 is 5.32 Å². The van der Waals surface area contributed by atoms with Gasteiger partial charge in [-0.05, 0) is 29.9 Å². The summed E-state index contributed by atoms with van der Waals surface area (Å²) in [4.78, 5) is 10.4. The van der Waals surface area contributed by atoms with Crippen LogP contribution in [0.5, 0.6) is 0 Å². The second-order valence-electron chi connectivity index (χ2n) is 4.29. The Morgan fingerprint density at radius 3 is 2.79 bits per heavy atom. The molecule has 3 atom stereocenters. The molecule has 0 radical (unpaired) electrons. The van der Waals surface area contributed by atoms with Crippen LogP contribution in [0.25, 0.3) is 0 Å². The van der Waals surface area contributed by atoms with Gasteiger partial charge in [-0.3, -0.25) is 4.79 Å². The van der Waals surface area contributed by atoms with E-state index < -0.39 is 0 Å². The van der Waals surface area contributed by atoms with Gasteiger partial charge >= 0.3 is 0 Å². The molecule has 2 heteroatoms. The quantitative estimate of drug-likeness (QED) is 0.702. The maximum atomic E-state index is 10.4. The van der Waals surface area contributed by atoms with Crippen LogP contribution >= 0.6 is 0 Å². The highest BCUT2D eigenvalue weighted by atomic mass is 16.1. The minimum atomic E-state index is 0.382. The van der Waals surface area contributed by atoms with E-state index in [0.717, 1.165) is 12.8 Å². The molecule has 0 aromatic heterocycles. The van der Waals surface area contributed by atoms with E-state index in [1.54, 1.807) is 0 Å². The summed E-state index contributed by atoms with van der Waals surface area (Å²) in [5.41, 5.74) is 2.98. The zero-order chi connectivity index (χ0) is 9.54. The maximum absolute atomic E-state index is 10.4. The second-order valence-corrected chi connectivity index (χ2v) is 4.29. The van der Waals surface area contributed by atoms with E-state index in [4.69, 9.17) is 0 Å². The Kier molecular flexibility index (Phi) is 1.63. The number of amides is 1. The minimum absolute atomic E-state index is 0.382. The highest BCUT2D eigenvalue weighted by Crippen LogP contribution is 2.52. The van der Waals surface area contributed by atoms with Crippen molar-refractivity contribution in [1.29, 1.82) is 0 Å². The Morgan fingerprint density at radius 1 is 1.21 bits per heavy atom. The summed E-state index contributed by atoms with van der Waals surface area (Å²) < 4.78 is 0. The van der Waals surface area contributed by atoms with E-state index in [1.807, 2.05) is 0 Å². The Hall–Kier alpha value is -1.31. The summed E-state index contributed by atoms with van der Waals surface area (Å²) in [6.45, 7) is 0. The van der Waals surface area contributed by atoms with Crippen molar-refractivity contribution < 1.29 is 4.79 Å². The number of rotatable bonds is 2. The molecule has 1 saturated carbocycles. The number of carbonyl (C=O) groups excluding carboxylic acids is 1. The molecule has 0 aliphatic heterocycles. The average Bonchev–Trinajstić information content (AvgIpc) is 2.77. The highest BCUT2D eigenvalue weighted by molar-refractivity contribution is 5.50. The van der Waals surface area contributed by atoms with Crippen molar-refractivity contribution in [2.75, 3.05) is 0 Å². The molecule has 2 nitrogen and oxygen atoms in total. The van der Waals surface area contributed by atoms with E-state index in [1.165, 1.54) is 17.5 Å². The lowest BCUT2D eigenvalue weighted by atomic mass is 9.88. The fourth-order valence-electron chi connectivity index (χ4n) is 3.13. The van der Waals surface area contributed by atoms with E-state index in [9.17, 15) is 4.79 Å². The molecule has 0 spiro atoms. The summed E-state index contributed by atoms with van der Waals surface area (Å²) in [6.07, 6.45) is 3.19. The normalized spacial score (nSPS) is 32.7. The molecular weight excluding hydrogens is 174 g/mol. The van der Waals surface area contributed by atoms with Gasteiger partial charge in [-0.2, -0.15) is 0 Å². The van der Waals surface area contributed by atoms with Gasteiger partial charge in [0.05, 0.1) is 0 Å². The Labute approximate surface area is 83.3 Å². The van der Waals surface area contributed by atoms with Crippen molar-refractivity contribution in [3.63, 3.8) is 0 Å². The van der Waals surface area contributed by atoms with Crippen molar-refractivity contribution in [1.82, 2.24) is 5.32 Å². The fourth-order valence-corrected chi connectivity index (χ4v) is 3.13. The molecule has 72 valence electrons. The van der Waals surface area contributed by atoms with E-state index >= 15 is 0 Å². The van der Waals surface area contributed by atoms with Crippen molar-refractivity contribution in [2.45, 2.75) is 30.7 Å². The van der Waals surface area contributed by atoms with E-state index in [-0.39, 0.29) is 0 Å². The van der Waals surface area contributed by atoms with Crippen LogP contribution in [0.1, 0.15) is 35.8 Å². The largest absolute Gasteiger partial charge is 0.355 e. The molecule has 3 unspecified atom stereocenters. The standard InChI is InChI=1S/C12H13NO/c14-7-13-12-6-8-5-11(12)10-4-2-1-3-9(8)10/h1-4,7-8,11-12H,5-6H2,(H,13,14). The Morgan fingerprint density at radius 2 is 2.00 bits per heavy atom. The second kappa shape index (κ2) is 2.84. The van der Waals surface area contributed by atoms with E-state index in [2.05, 4.69) is 29.6 Å². The third-order valence-corrected chi connectivity index (χ3v) is 3.68. The lowest BCUT2D eigenvalue weighted by Crippen LogP contribution is -2.31. The van der Waals surface area contributed by atoms with Crippen molar-refractivity contribution in [2.24, 2.45) is 0 Å². The molecule has 14 heavy (non-hydrogen) atoms. The number of carbonyl (C=O) groups is 1. The molecule has 0 heterocycles. The zero-order valence-electron chi connectivity index (χ0n) is 7.94. The van der Waals surface area contributed by atoms with Crippen LogP contribution in [-0.4, -0.2) is 12.5 Å². The van der Waals surface area contributed by atoms with Gasteiger partial charge in [0, 0.05) is 12.0 Å². The number of fused-ring (bicyclic) bond motifs is 5. The van der Waals surface area contributed by atoms with Crippen LogP contribution in [-0.2, 0) is 4.79 Å². The minimum Gasteiger partial charge on any atom is -0.355 e. The van der Waals surface area contributed by atoms with Crippen molar-refractivity contribution in [3.05, 3.63) is 35.4 Å². The van der Waals surface area contributed by atoms with Gasteiger partial charge in [0.25, 0.3) is 0 Å². The zero-order valence-corrected chi connectivity index (χ0v) is 7.94. The molecule has 2 aliphatic rings. The molecule has 1 N–H and O–H groups in total. The summed E-state index contributed by atoms with van der Waals surface area (Å²) in [5, 5.41) is 2.94. The maximum Gasteiger partial charge on any atom is 0.207 e.